The molecule has 0 bridgehead atoms. The molecule has 0 atom stereocenters. The molecule has 1 aliphatic heterocycles. The first kappa shape index (κ1) is 20.9. The van der Waals surface area contributed by atoms with Gasteiger partial charge in [0.25, 0.3) is 0 Å². The molecule has 1 heterocycles. The monoisotopic (exact) mass is 411 g/mol. The smallest absolute Gasteiger partial charge is 0.337 e. The number of likely N-dealkylation sites (tertiary alicyclic amines) is 1. The predicted octanol–water partition coefficient (Wildman–Crippen LogP) is 5.12. The number of benzene rings is 2. The van der Waals surface area contributed by atoms with Crippen molar-refractivity contribution in [3.8, 4) is 16.9 Å². The molecule has 0 radical (unpaired) electrons. The van der Waals surface area contributed by atoms with E-state index < -0.39 is 5.67 Å². The highest BCUT2D eigenvalue weighted by Gasteiger charge is 2.39. The van der Waals surface area contributed by atoms with E-state index in [1.807, 2.05) is 36.4 Å². The van der Waals surface area contributed by atoms with Gasteiger partial charge < -0.3 is 14.4 Å². The lowest BCUT2D eigenvalue weighted by Gasteiger charge is -2.41. The summed E-state index contributed by atoms with van der Waals surface area (Å²) >= 11 is 0. The zero-order chi connectivity index (χ0) is 21.0. The van der Waals surface area contributed by atoms with Crippen LogP contribution in [0.1, 0.15) is 42.5 Å². The summed E-state index contributed by atoms with van der Waals surface area (Å²) in [5, 5.41) is 0. The van der Waals surface area contributed by atoms with E-state index in [0.29, 0.717) is 24.6 Å². The number of rotatable bonds is 7. The molecule has 1 saturated heterocycles. The van der Waals surface area contributed by atoms with E-state index in [2.05, 4.69) is 4.90 Å². The Morgan fingerprint density at radius 2 is 1.63 bits per heavy atom. The fourth-order valence-electron chi connectivity index (χ4n) is 4.30. The maximum Gasteiger partial charge on any atom is 0.337 e. The van der Waals surface area contributed by atoms with Gasteiger partial charge in [-0.15, -0.1) is 0 Å². The topological polar surface area (TPSA) is 38.8 Å². The van der Waals surface area contributed by atoms with E-state index in [9.17, 15) is 9.18 Å². The zero-order valence-electron chi connectivity index (χ0n) is 17.6. The normalized spacial score (nSPS) is 19.1. The number of carbonyl (C=O) groups excluding carboxylic acids is 1. The van der Waals surface area contributed by atoms with Crippen molar-refractivity contribution >= 4 is 5.97 Å². The largest absolute Gasteiger partial charge is 0.493 e. The average Bonchev–Trinajstić information content (AvgIpc) is 2.77. The summed E-state index contributed by atoms with van der Waals surface area (Å²) in [6, 6.07) is 15.4. The molecule has 160 valence electrons. The number of halogens is 1. The van der Waals surface area contributed by atoms with Crippen LogP contribution in [0, 0.1) is 5.92 Å². The molecule has 1 saturated carbocycles. The average molecular weight is 412 g/mol. The fourth-order valence-corrected chi connectivity index (χ4v) is 4.30. The number of ether oxygens (including phenoxy) is 2. The zero-order valence-corrected chi connectivity index (χ0v) is 17.6. The molecule has 2 fully saturated rings. The third-order valence-corrected chi connectivity index (χ3v) is 6.44. The Kier molecular flexibility index (Phi) is 6.38. The lowest BCUT2D eigenvalue weighted by Crippen LogP contribution is -2.47. The SMILES string of the molecule is COC(=O)c1ccc(-c2ccc(OCC3CCN(CC4(F)CCC4)CC3)cc2)cc1. The second kappa shape index (κ2) is 9.17. The molecular formula is C25H30FNO3. The van der Waals surface area contributed by atoms with Crippen molar-refractivity contribution in [2.24, 2.45) is 5.92 Å². The number of alkyl halides is 1. The van der Waals surface area contributed by atoms with E-state index in [-0.39, 0.29) is 5.97 Å². The van der Waals surface area contributed by atoms with Crippen LogP contribution >= 0.6 is 0 Å². The number of esters is 1. The van der Waals surface area contributed by atoms with Gasteiger partial charge >= 0.3 is 5.97 Å². The Bertz CT molecular complexity index is 838. The van der Waals surface area contributed by atoms with Crippen molar-refractivity contribution in [1.82, 2.24) is 4.90 Å². The highest BCUT2D eigenvalue weighted by molar-refractivity contribution is 5.89. The van der Waals surface area contributed by atoms with E-state index in [4.69, 9.17) is 9.47 Å². The van der Waals surface area contributed by atoms with Crippen LogP contribution in [0.5, 0.6) is 5.75 Å². The minimum Gasteiger partial charge on any atom is -0.493 e. The number of carbonyl (C=O) groups is 1. The quantitative estimate of drug-likeness (QED) is 0.593. The first-order valence-corrected chi connectivity index (χ1v) is 10.9. The molecule has 0 amide bonds. The molecule has 2 aromatic carbocycles. The summed E-state index contributed by atoms with van der Waals surface area (Å²) in [5.41, 5.74) is 1.74. The summed E-state index contributed by atoms with van der Waals surface area (Å²) in [5.74, 6) is 1.07. The summed E-state index contributed by atoms with van der Waals surface area (Å²) in [6.45, 7) is 3.27. The first-order chi connectivity index (χ1) is 14.5. The minimum absolute atomic E-state index is 0.330. The van der Waals surface area contributed by atoms with Crippen LogP contribution in [0.4, 0.5) is 4.39 Å². The van der Waals surface area contributed by atoms with Gasteiger partial charge in [-0.2, -0.15) is 0 Å². The van der Waals surface area contributed by atoms with Crippen LogP contribution in [0.3, 0.4) is 0 Å². The Morgan fingerprint density at radius 1 is 1.03 bits per heavy atom. The van der Waals surface area contributed by atoms with Gasteiger partial charge in [-0.05, 0) is 86.5 Å². The van der Waals surface area contributed by atoms with Crippen molar-refractivity contribution in [1.29, 1.82) is 0 Å². The van der Waals surface area contributed by atoms with Crippen molar-refractivity contribution in [3.63, 3.8) is 0 Å². The predicted molar refractivity (Wildman–Crippen MR) is 116 cm³/mol. The molecule has 0 spiro atoms. The first-order valence-electron chi connectivity index (χ1n) is 10.9. The van der Waals surface area contributed by atoms with Gasteiger partial charge in [-0.3, -0.25) is 0 Å². The van der Waals surface area contributed by atoms with Crippen LogP contribution < -0.4 is 4.74 Å². The third kappa shape index (κ3) is 5.01. The van der Waals surface area contributed by atoms with Gasteiger partial charge in [0.15, 0.2) is 0 Å². The van der Waals surface area contributed by atoms with Crippen LogP contribution in [0.15, 0.2) is 48.5 Å². The molecule has 2 aliphatic rings. The lowest BCUT2D eigenvalue weighted by atomic mass is 9.81. The van der Waals surface area contributed by atoms with Gasteiger partial charge in [-0.1, -0.05) is 24.3 Å². The fraction of sp³-hybridized carbons (Fsp3) is 0.480. The van der Waals surface area contributed by atoms with E-state index >= 15 is 0 Å². The van der Waals surface area contributed by atoms with Crippen molar-refractivity contribution in [2.45, 2.75) is 37.8 Å². The van der Waals surface area contributed by atoms with Gasteiger partial charge in [0.2, 0.25) is 0 Å². The Labute approximate surface area is 178 Å². The molecule has 0 N–H and O–H groups in total. The van der Waals surface area contributed by atoms with Crippen molar-refractivity contribution in [3.05, 3.63) is 54.1 Å². The molecule has 4 nitrogen and oxygen atoms in total. The van der Waals surface area contributed by atoms with Gasteiger partial charge in [0, 0.05) is 6.54 Å². The second-order valence-electron chi connectivity index (χ2n) is 8.63. The third-order valence-electron chi connectivity index (χ3n) is 6.44. The van der Waals surface area contributed by atoms with Gasteiger partial charge in [0.1, 0.15) is 11.4 Å². The van der Waals surface area contributed by atoms with E-state index in [1.165, 1.54) is 7.11 Å². The number of hydrogen-bond acceptors (Lipinski definition) is 4. The van der Waals surface area contributed by atoms with Gasteiger partial charge in [0.05, 0.1) is 19.3 Å². The standard InChI is InChI=1S/C25H30FNO3/c1-29-24(28)22-5-3-20(4-6-22)21-7-9-23(10-8-21)30-17-19-11-15-27(16-12-19)18-25(26)13-2-14-25/h3-10,19H,2,11-18H2,1H3. The summed E-state index contributed by atoms with van der Waals surface area (Å²) < 4.78 is 25.0. The number of hydrogen-bond donors (Lipinski definition) is 0. The molecule has 0 aromatic heterocycles. The van der Waals surface area contributed by atoms with Crippen LogP contribution in [-0.2, 0) is 4.74 Å². The number of methoxy groups -OCH3 is 1. The number of piperidine rings is 1. The lowest BCUT2D eigenvalue weighted by molar-refractivity contribution is 0.00740. The highest BCUT2D eigenvalue weighted by atomic mass is 19.1. The van der Waals surface area contributed by atoms with Crippen LogP contribution in [0.25, 0.3) is 11.1 Å². The van der Waals surface area contributed by atoms with Crippen molar-refractivity contribution in [2.75, 3.05) is 33.4 Å². The molecule has 2 aromatic rings. The van der Waals surface area contributed by atoms with E-state index in [0.717, 1.165) is 62.1 Å². The molecule has 4 rings (SSSR count). The molecular weight excluding hydrogens is 381 g/mol. The molecule has 30 heavy (non-hydrogen) atoms. The minimum atomic E-state index is -0.912. The summed E-state index contributed by atoms with van der Waals surface area (Å²) in [4.78, 5) is 13.8. The Hall–Kier alpha value is -2.40. The Balaban J connectivity index is 1.24. The maximum absolute atomic E-state index is 14.3. The van der Waals surface area contributed by atoms with E-state index in [1.54, 1.807) is 12.1 Å². The van der Waals surface area contributed by atoms with Crippen LogP contribution in [0.2, 0.25) is 0 Å². The highest BCUT2D eigenvalue weighted by Crippen LogP contribution is 2.37. The second-order valence-corrected chi connectivity index (χ2v) is 8.63. The summed E-state index contributed by atoms with van der Waals surface area (Å²) in [7, 11) is 1.38. The van der Waals surface area contributed by atoms with Crippen LogP contribution in [-0.4, -0.2) is 49.9 Å². The maximum atomic E-state index is 14.3. The van der Waals surface area contributed by atoms with Crippen molar-refractivity contribution < 1.29 is 18.7 Å². The molecule has 0 unspecified atom stereocenters. The van der Waals surface area contributed by atoms with Gasteiger partial charge in [-0.25, -0.2) is 9.18 Å². The number of nitrogens with zero attached hydrogens (tertiary/aromatic N) is 1. The molecule has 5 heteroatoms. The Morgan fingerprint density at radius 3 is 2.17 bits per heavy atom. The summed E-state index contributed by atoms with van der Waals surface area (Å²) in [6.07, 6.45) is 4.66. The molecule has 1 aliphatic carbocycles.